The Morgan fingerprint density at radius 2 is 1.96 bits per heavy atom. The van der Waals surface area contributed by atoms with E-state index < -0.39 is 17.1 Å². The van der Waals surface area contributed by atoms with Crippen LogP contribution in [0.25, 0.3) is 10.2 Å². The van der Waals surface area contributed by atoms with Gasteiger partial charge >= 0.3 is 6.18 Å². The minimum atomic E-state index is -4.49. The van der Waals surface area contributed by atoms with E-state index in [2.05, 4.69) is 15.3 Å². The van der Waals surface area contributed by atoms with Crippen molar-refractivity contribution in [3.8, 4) is 0 Å². The Morgan fingerprint density at radius 1 is 1.17 bits per heavy atom. The van der Waals surface area contributed by atoms with Crippen LogP contribution in [-0.4, -0.2) is 15.9 Å². The van der Waals surface area contributed by atoms with Gasteiger partial charge in [-0.2, -0.15) is 13.2 Å². The van der Waals surface area contributed by atoms with E-state index in [4.69, 9.17) is 0 Å². The van der Waals surface area contributed by atoms with Gasteiger partial charge in [-0.15, -0.1) is 11.3 Å². The van der Waals surface area contributed by atoms with Crippen molar-refractivity contribution in [2.24, 2.45) is 0 Å². The van der Waals surface area contributed by atoms with Gasteiger partial charge in [0.1, 0.15) is 5.82 Å². The van der Waals surface area contributed by atoms with Gasteiger partial charge in [0.05, 0.1) is 10.2 Å². The van der Waals surface area contributed by atoms with Crippen LogP contribution in [0, 0.1) is 6.92 Å². The zero-order chi connectivity index (χ0) is 16.6. The Hall–Kier alpha value is -2.48. The van der Waals surface area contributed by atoms with Crippen LogP contribution in [0.15, 0.2) is 36.4 Å². The molecule has 0 atom stereocenters. The summed E-state index contributed by atoms with van der Waals surface area (Å²) in [5.41, 5.74) is 1.21. The molecule has 1 aromatic carbocycles. The summed E-state index contributed by atoms with van der Waals surface area (Å²) >= 11 is 0.513. The van der Waals surface area contributed by atoms with Gasteiger partial charge in [0.25, 0.3) is 5.91 Å². The Balaban J connectivity index is 1.89. The van der Waals surface area contributed by atoms with Gasteiger partial charge in [0.2, 0.25) is 0 Å². The topological polar surface area (TPSA) is 54.9 Å². The molecule has 0 fully saturated rings. The van der Waals surface area contributed by atoms with Gasteiger partial charge in [-0.3, -0.25) is 4.79 Å². The van der Waals surface area contributed by atoms with Gasteiger partial charge in [0.15, 0.2) is 5.01 Å². The predicted octanol–water partition coefficient (Wildman–Crippen LogP) is 4.27. The molecule has 0 saturated carbocycles. The minimum absolute atomic E-state index is 0.215. The molecule has 0 saturated heterocycles. The van der Waals surface area contributed by atoms with Crippen molar-refractivity contribution < 1.29 is 18.0 Å². The fourth-order valence-electron chi connectivity index (χ4n) is 1.99. The number of aromatic nitrogens is 2. The lowest BCUT2D eigenvalue weighted by atomic mass is 10.2. The fourth-order valence-corrected chi connectivity index (χ4v) is 2.86. The highest BCUT2D eigenvalue weighted by molar-refractivity contribution is 7.18. The number of thiazole rings is 1. The number of nitrogens with one attached hydrogen (secondary N) is 1. The highest BCUT2D eigenvalue weighted by Gasteiger charge is 2.34. The van der Waals surface area contributed by atoms with Crippen molar-refractivity contribution in [3.05, 3.63) is 52.7 Å². The molecule has 3 aromatic rings. The molecule has 2 heterocycles. The van der Waals surface area contributed by atoms with Crippen molar-refractivity contribution >= 4 is 33.3 Å². The molecule has 1 N–H and O–H groups in total. The van der Waals surface area contributed by atoms with Crippen LogP contribution < -0.4 is 5.32 Å². The van der Waals surface area contributed by atoms with E-state index in [0.29, 0.717) is 21.9 Å². The molecule has 0 spiro atoms. The van der Waals surface area contributed by atoms with E-state index in [1.54, 1.807) is 25.1 Å². The van der Waals surface area contributed by atoms with Gasteiger partial charge in [-0.25, -0.2) is 9.97 Å². The van der Waals surface area contributed by atoms with E-state index in [1.807, 2.05) is 0 Å². The maximum Gasteiger partial charge on any atom is 0.443 e. The van der Waals surface area contributed by atoms with E-state index in [0.717, 1.165) is 5.69 Å². The number of amides is 1. The number of carbonyl (C=O) groups excluding carboxylic acids is 1. The van der Waals surface area contributed by atoms with Crippen molar-refractivity contribution in [1.82, 2.24) is 9.97 Å². The maximum atomic E-state index is 12.7. The van der Waals surface area contributed by atoms with E-state index in [1.165, 1.54) is 18.2 Å². The molecule has 8 heteroatoms. The minimum Gasteiger partial charge on any atom is -0.307 e. The lowest BCUT2D eigenvalue weighted by molar-refractivity contribution is -0.137. The molecule has 4 nitrogen and oxygen atoms in total. The average molecular weight is 337 g/mol. The smallest absolute Gasteiger partial charge is 0.307 e. The molecule has 0 bridgehead atoms. The van der Waals surface area contributed by atoms with Crippen molar-refractivity contribution in [2.45, 2.75) is 13.1 Å². The molecule has 0 aliphatic heterocycles. The first-order valence-corrected chi connectivity index (χ1v) is 7.37. The van der Waals surface area contributed by atoms with Crippen molar-refractivity contribution in [1.29, 1.82) is 0 Å². The summed E-state index contributed by atoms with van der Waals surface area (Å²) in [5, 5.41) is 1.69. The maximum absolute atomic E-state index is 12.7. The van der Waals surface area contributed by atoms with Crippen LogP contribution in [0.3, 0.4) is 0 Å². The molecule has 0 radical (unpaired) electrons. The number of fused-ring (bicyclic) bond motifs is 1. The molecular weight excluding hydrogens is 327 g/mol. The number of pyridine rings is 1. The number of anilines is 1. The summed E-state index contributed by atoms with van der Waals surface area (Å²) in [6, 6.07) is 9.41. The summed E-state index contributed by atoms with van der Waals surface area (Å²) in [6.45, 7) is 1.79. The van der Waals surface area contributed by atoms with Crippen LogP contribution in [-0.2, 0) is 6.18 Å². The fraction of sp³-hybridized carbons (Fsp3) is 0.133. The lowest BCUT2D eigenvalue weighted by Gasteiger charge is -2.05. The summed E-state index contributed by atoms with van der Waals surface area (Å²) in [4.78, 5) is 19.9. The number of benzene rings is 1. The first kappa shape index (κ1) is 15.4. The predicted molar refractivity (Wildman–Crippen MR) is 81.5 cm³/mol. The molecule has 0 unspecified atom stereocenters. The molecule has 0 aliphatic carbocycles. The second-order valence-corrected chi connectivity index (χ2v) is 5.85. The van der Waals surface area contributed by atoms with Gasteiger partial charge in [-0.05, 0) is 37.3 Å². The van der Waals surface area contributed by atoms with Crippen molar-refractivity contribution in [3.63, 3.8) is 0 Å². The molecule has 0 aliphatic rings. The van der Waals surface area contributed by atoms with Crippen LogP contribution in [0.2, 0.25) is 0 Å². The van der Waals surface area contributed by atoms with Crippen molar-refractivity contribution in [2.75, 3.05) is 5.32 Å². The van der Waals surface area contributed by atoms with Gasteiger partial charge < -0.3 is 5.32 Å². The third-order valence-corrected chi connectivity index (χ3v) is 4.09. The largest absolute Gasteiger partial charge is 0.443 e. The monoisotopic (exact) mass is 337 g/mol. The second kappa shape index (κ2) is 5.62. The molecule has 118 valence electrons. The third-order valence-electron chi connectivity index (χ3n) is 3.02. The molecule has 2 aromatic heterocycles. The number of halogens is 3. The number of carbonyl (C=O) groups is 1. The quantitative estimate of drug-likeness (QED) is 0.760. The van der Waals surface area contributed by atoms with E-state index in [-0.39, 0.29) is 11.1 Å². The van der Waals surface area contributed by atoms with E-state index in [9.17, 15) is 18.0 Å². The zero-order valence-corrected chi connectivity index (χ0v) is 12.6. The highest BCUT2D eigenvalue weighted by Crippen LogP contribution is 2.35. The van der Waals surface area contributed by atoms with Crippen LogP contribution in [0.5, 0.6) is 0 Å². The van der Waals surface area contributed by atoms with E-state index >= 15 is 0 Å². The number of nitrogens with zero attached hydrogens (tertiary/aromatic N) is 2. The van der Waals surface area contributed by atoms with Gasteiger partial charge in [0, 0.05) is 11.3 Å². The first-order chi connectivity index (χ1) is 10.8. The standard InChI is InChI=1S/C15H10F3N3OS/c1-8-3-2-4-12(19-8)21-13(22)9-5-6-10-11(7-9)23-14(20-10)15(16,17)18/h2-7H,1H3,(H,19,21,22). The number of aryl methyl sites for hydroxylation is 1. The first-order valence-electron chi connectivity index (χ1n) is 6.56. The molecule has 3 rings (SSSR count). The zero-order valence-electron chi connectivity index (χ0n) is 11.8. The van der Waals surface area contributed by atoms with Gasteiger partial charge in [-0.1, -0.05) is 6.07 Å². The molecular formula is C15H10F3N3OS. The Labute approximate surface area is 133 Å². The third kappa shape index (κ3) is 3.31. The number of hydrogen-bond donors (Lipinski definition) is 1. The Bertz CT molecular complexity index is 889. The molecule has 1 amide bonds. The Kier molecular flexibility index (Phi) is 3.77. The van der Waals surface area contributed by atoms with Crippen LogP contribution >= 0.6 is 11.3 Å². The summed E-state index contributed by atoms with van der Waals surface area (Å²) in [7, 11) is 0. The summed E-state index contributed by atoms with van der Waals surface area (Å²) < 4.78 is 38.3. The summed E-state index contributed by atoms with van der Waals surface area (Å²) in [6.07, 6.45) is -4.49. The van der Waals surface area contributed by atoms with Crippen LogP contribution in [0.1, 0.15) is 21.1 Å². The highest BCUT2D eigenvalue weighted by atomic mass is 32.1. The lowest BCUT2D eigenvalue weighted by Crippen LogP contribution is -2.12. The average Bonchev–Trinajstić information content (AvgIpc) is 2.90. The number of rotatable bonds is 2. The summed E-state index contributed by atoms with van der Waals surface area (Å²) in [5.74, 6) is -0.0534. The van der Waals surface area contributed by atoms with Crippen LogP contribution in [0.4, 0.5) is 19.0 Å². The number of hydrogen-bond acceptors (Lipinski definition) is 4. The Morgan fingerprint density at radius 3 is 2.65 bits per heavy atom. The number of alkyl halides is 3. The normalized spacial score (nSPS) is 11.7. The second-order valence-electron chi connectivity index (χ2n) is 4.82. The SMILES string of the molecule is Cc1cccc(NC(=O)c2ccc3nc(C(F)(F)F)sc3c2)n1. The molecule has 23 heavy (non-hydrogen) atoms.